The van der Waals surface area contributed by atoms with Crippen molar-refractivity contribution in [3.8, 4) is 5.75 Å². The summed E-state index contributed by atoms with van der Waals surface area (Å²) >= 11 is 0. The summed E-state index contributed by atoms with van der Waals surface area (Å²) < 4.78 is 10.9. The number of carboxylic acids is 1. The number of hydrogen-bond donors (Lipinski definition) is 2. The van der Waals surface area contributed by atoms with Crippen molar-refractivity contribution in [2.45, 2.75) is 38.4 Å². The lowest BCUT2D eigenvalue weighted by molar-refractivity contribution is -0.145. The highest BCUT2D eigenvalue weighted by Gasteiger charge is 2.53. The number of hydrogen-bond acceptors (Lipinski definition) is 4. The zero-order valence-electron chi connectivity index (χ0n) is 14.8. The molecule has 1 saturated heterocycles. The van der Waals surface area contributed by atoms with E-state index in [9.17, 15) is 14.7 Å². The molecule has 1 aromatic carbocycles. The third-order valence-electron chi connectivity index (χ3n) is 4.81. The van der Waals surface area contributed by atoms with Crippen LogP contribution in [0.5, 0.6) is 5.75 Å². The van der Waals surface area contributed by atoms with Crippen LogP contribution in [0.1, 0.15) is 26.3 Å². The maximum Gasteiger partial charge on any atom is 0.310 e. The molecule has 1 fully saturated rings. The number of methoxy groups -OCH3 is 1. The number of anilines is 1. The number of amides is 1. The Morgan fingerprint density at radius 1 is 1.16 bits per heavy atom. The molecular weight excluding hydrogens is 322 g/mol. The smallest absolute Gasteiger partial charge is 0.310 e. The summed E-state index contributed by atoms with van der Waals surface area (Å²) in [5.41, 5.74) is 1.49. The topological polar surface area (TPSA) is 84.9 Å². The van der Waals surface area contributed by atoms with Crippen molar-refractivity contribution in [3.05, 3.63) is 35.9 Å². The lowest BCUT2D eigenvalue weighted by Gasteiger charge is -2.24. The molecule has 2 aliphatic heterocycles. The number of fused-ring (bicyclic) bond motifs is 2. The molecule has 2 heterocycles. The molecule has 6 nitrogen and oxygen atoms in total. The largest absolute Gasteiger partial charge is 0.495 e. The van der Waals surface area contributed by atoms with E-state index in [4.69, 9.17) is 9.47 Å². The van der Waals surface area contributed by atoms with Gasteiger partial charge in [0, 0.05) is 0 Å². The molecule has 134 valence electrons. The summed E-state index contributed by atoms with van der Waals surface area (Å²) in [5, 5.41) is 12.3. The fourth-order valence-electron chi connectivity index (χ4n) is 3.40. The molecule has 0 saturated carbocycles. The average Bonchev–Trinajstić information content (AvgIpc) is 3.14. The fraction of sp³-hybridized carbons (Fsp3) is 0.474. The molecule has 0 aromatic heterocycles. The van der Waals surface area contributed by atoms with Gasteiger partial charge in [-0.3, -0.25) is 9.59 Å². The second kappa shape index (κ2) is 6.19. The quantitative estimate of drug-likeness (QED) is 0.820. The Hall–Kier alpha value is -2.34. The van der Waals surface area contributed by atoms with E-state index in [1.807, 2.05) is 18.2 Å². The van der Waals surface area contributed by atoms with Crippen molar-refractivity contribution < 1.29 is 24.2 Å². The van der Waals surface area contributed by atoms with E-state index >= 15 is 0 Å². The minimum absolute atomic E-state index is 0.0897. The van der Waals surface area contributed by atoms with Crippen molar-refractivity contribution in [1.29, 1.82) is 0 Å². The van der Waals surface area contributed by atoms with Crippen molar-refractivity contribution >= 4 is 17.6 Å². The van der Waals surface area contributed by atoms with E-state index in [1.165, 1.54) is 7.11 Å². The Kier molecular flexibility index (Phi) is 4.33. The molecule has 0 radical (unpaired) electrons. The van der Waals surface area contributed by atoms with Crippen LogP contribution < -0.4 is 10.1 Å². The van der Waals surface area contributed by atoms with Gasteiger partial charge in [0.1, 0.15) is 11.7 Å². The SMILES string of the molecule is COc1ccc(C(C)(C)C)cc1NC(=O)[C@@H]1[C@@H](C(=O)O)[C@@H]2C=C[C@@H]1O2. The maximum absolute atomic E-state index is 12.8. The number of carbonyl (C=O) groups excluding carboxylic acids is 1. The van der Waals surface area contributed by atoms with Gasteiger partial charge in [-0.2, -0.15) is 0 Å². The molecule has 2 N–H and O–H groups in total. The van der Waals surface area contributed by atoms with Crippen LogP contribution in [0.15, 0.2) is 30.4 Å². The van der Waals surface area contributed by atoms with Crippen LogP contribution in [0, 0.1) is 11.8 Å². The lowest BCUT2D eigenvalue weighted by Crippen LogP contribution is -2.39. The monoisotopic (exact) mass is 345 g/mol. The molecule has 4 atom stereocenters. The number of carbonyl (C=O) groups is 2. The molecule has 1 aromatic rings. The third kappa shape index (κ3) is 3.14. The van der Waals surface area contributed by atoms with Crippen LogP contribution in [0.3, 0.4) is 0 Å². The first-order valence-corrected chi connectivity index (χ1v) is 8.28. The predicted octanol–water partition coefficient (Wildman–Crippen LogP) is 2.59. The van der Waals surface area contributed by atoms with E-state index in [0.717, 1.165) is 5.56 Å². The number of rotatable bonds is 4. The normalized spacial score (nSPS) is 27.4. The van der Waals surface area contributed by atoms with E-state index in [2.05, 4.69) is 26.1 Å². The number of benzene rings is 1. The molecule has 2 bridgehead atoms. The van der Waals surface area contributed by atoms with Gasteiger partial charge in [0.15, 0.2) is 0 Å². The summed E-state index contributed by atoms with van der Waals surface area (Å²) in [6, 6.07) is 5.64. The minimum atomic E-state index is -1.02. The first kappa shape index (κ1) is 17.5. The average molecular weight is 345 g/mol. The first-order valence-electron chi connectivity index (χ1n) is 8.28. The summed E-state index contributed by atoms with van der Waals surface area (Å²) in [6.07, 6.45) is 2.44. The van der Waals surface area contributed by atoms with Crippen molar-refractivity contribution in [2.24, 2.45) is 11.8 Å². The molecule has 0 spiro atoms. The lowest BCUT2D eigenvalue weighted by atomic mass is 9.82. The summed E-state index contributed by atoms with van der Waals surface area (Å²) in [7, 11) is 1.53. The molecule has 3 rings (SSSR count). The summed E-state index contributed by atoms with van der Waals surface area (Å²) in [4.78, 5) is 24.4. The Labute approximate surface area is 146 Å². The van der Waals surface area contributed by atoms with E-state index in [0.29, 0.717) is 11.4 Å². The van der Waals surface area contributed by atoms with Crippen LogP contribution in [-0.4, -0.2) is 36.3 Å². The Bertz CT molecular complexity index is 734. The number of carboxylic acid groups (broad SMARTS) is 1. The van der Waals surface area contributed by atoms with Gasteiger partial charge in [-0.15, -0.1) is 0 Å². The molecule has 25 heavy (non-hydrogen) atoms. The van der Waals surface area contributed by atoms with Gasteiger partial charge in [0.2, 0.25) is 5.91 Å². The standard InChI is InChI=1S/C19H23NO5/c1-19(2,3)10-5-6-12(24-4)11(9-10)20-17(21)15-13-7-8-14(25-13)16(15)18(22)23/h5-9,13-16H,1-4H3,(H,20,21)(H,22,23)/t13-,14-,15-,16-/m0/s1. The Morgan fingerprint density at radius 2 is 1.80 bits per heavy atom. The first-order chi connectivity index (χ1) is 11.7. The molecule has 2 aliphatic rings. The molecule has 0 aliphatic carbocycles. The fourth-order valence-corrected chi connectivity index (χ4v) is 3.40. The van der Waals surface area contributed by atoms with Gasteiger partial charge in [0.25, 0.3) is 0 Å². The molecular formula is C19H23NO5. The maximum atomic E-state index is 12.8. The van der Waals surface area contributed by atoms with Crippen LogP contribution in [0.2, 0.25) is 0 Å². The Balaban J connectivity index is 1.88. The number of ether oxygens (including phenoxy) is 2. The minimum Gasteiger partial charge on any atom is -0.495 e. The highest BCUT2D eigenvalue weighted by Crippen LogP contribution is 2.40. The van der Waals surface area contributed by atoms with Crippen LogP contribution >= 0.6 is 0 Å². The third-order valence-corrected chi connectivity index (χ3v) is 4.81. The molecule has 6 heteroatoms. The number of aliphatic carboxylic acids is 1. The zero-order chi connectivity index (χ0) is 18.4. The Morgan fingerprint density at radius 3 is 2.36 bits per heavy atom. The number of nitrogens with one attached hydrogen (secondary N) is 1. The van der Waals surface area contributed by atoms with E-state index in [-0.39, 0.29) is 11.3 Å². The van der Waals surface area contributed by atoms with Gasteiger partial charge in [-0.05, 0) is 23.1 Å². The van der Waals surface area contributed by atoms with Crippen molar-refractivity contribution in [2.75, 3.05) is 12.4 Å². The van der Waals surface area contributed by atoms with Gasteiger partial charge in [-0.1, -0.05) is 39.0 Å². The van der Waals surface area contributed by atoms with Gasteiger partial charge in [-0.25, -0.2) is 0 Å². The highest BCUT2D eigenvalue weighted by molar-refractivity contribution is 5.97. The molecule has 0 unspecified atom stereocenters. The van der Waals surface area contributed by atoms with Gasteiger partial charge in [0.05, 0.1) is 30.9 Å². The molecule has 1 amide bonds. The van der Waals surface area contributed by atoms with E-state index < -0.39 is 30.0 Å². The van der Waals surface area contributed by atoms with E-state index in [1.54, 1.807) is 12.2 Å². The zero-order valence-corrected chi connectivity index (χ0v) is 14.8. The van der Waals surface area contributed by atoms with Crippen LogP contribution in [0.25, 0.3) is 0 Å². The predicted molar refractivity (Wildman–Crippen MR) is 92.7 cm³/mol. The van der Waals surface area contributed by atoms with Crippen LogP contribution in [-0.2, 0) is 19.7 Å². The van der Waals surface area contributed by atoms with Crippen molar-refractivity contribution in [3.63, 3.8) is 0 Å². The van der Waals surface area contributed by atoms with Crippen molar-refractivity contribution in [1.82, 2.24) is 0 Å². The highest BCUT2D eigenvalue weighted by atomic mass is 16.5. The second-order valence-electron chi connectivity index (χ2n) is 7.49. The van der Waals surface area contributed by atoms with Gasteiger partial charge < -0.3 is 19.9 Å². The summed E-state index contributed by atoms with van der Waals surface area (Å²) in [5.74, 6) is -2.48. The van der Waals surface area contributed by atoms with Gasteiger partial charge >= 0.3 is 5.97 Å². The van der Waals surface area contributed by atoms with Crippen LogP contribution in [0.4, 0.5) is 5.69 Å². The second-order valence-corrected chi connectivity index (χ2v) is 7.49. The summed E-state index contributed by atoms with van der Waals surface area (Å²) in [6.45, 7) is 6.24.